The molecule has 128 valence electrons. The second-order valence-corrected chi connectivity index (χ2v) is 5.33. The van der Waals surface area contributed by atoms with Crippen LogP contribution in [0.5, 0.6) is 0 Å². The third-order valence-corrected chi connectivity index (χ3v) is 3.46. The van der Waals surface area contributed by atoms with Gasteiger partial charge < -0.3 is 20.4 Å². The summed E-state index contributed by atoms with van der Waals surface area (Å²) in [4.78, 5) is 16.1. The smallest absolute Gasteiger partial charge is 0.291 e. The molecule has 2 rings (SSSR count). The summed E-state index contributed by atoms with van der Waals surface area (Å²) in [6.07, 6.45) is 3.74. The van der Waals surface area contributed by atoms with E-state index in [-0.39, 0.29) is 5.91 Å². The van der Waals surface area contributed by atoms with Crippen LogP contribution in [0, 0.1) is 0 Å². The van der Waals surface area contributed by atoms with Gasteiger partial charge in [0.05, 0.1) is 6.26 Å². The maximum atomic E-state index is 11.9. The number of nitrogens with one attached hydrogen (secondary N) is 3. The summed E-state index contributed by atoms with van der Waals surface area (Å²) in [7, 11) is 1.76. The van der Waals surface area contributed by atoms with Crippen LogP contribution in [-0.4, -0.2) is 25.5 Å². The van der Waals surface area contributed by atoms with Gasteiger partial charge in [0.2, 0.25) is 0 Å². The molecule has 24 heavy (non-hydrogen) atoms. The van der Waals surface area contributed by atoms with Crippen molar-refractivity contribution < 1.29 is 9.21 Å². The van der Waals surface area contributed by atoms with Gasteiger partial charge in [0, 0.05) is 25.8 Å². The Labute approximate surface area is 142 Å². The fourth-order valence-corrected chi connectivity index (χ4v) is 2.10. The molecule has 6 heteroatoms. The molecule has 0 aliphatic heterocycles. The second kappa shape index (κ2) is 9.39. The van der Waals surface area contributed by atoms with Gasteiger partial charge in [0.25, 0.3) is 5.91 Å². The zero-order valence-electron chi connectivity index (χ0n) is 14.1. The van der Waals surface area contributed by atoms with Crippen LogP contribution >= 0.6 is 0 Å². The van der Waals surface area contributed by atoms with Gasteiger partial charge >= 0.3 is 0 Å². The zero-order chi connectivity index (χ0) is 17.2. The van der Waals surface area contributed by atoms with Gasteiger partial charge in [0.15, 0.2) is 11.7 Å². The lowest BCUT2D eigenvalue weighted by Gasteiger charge is -2.12. The first kappa shape index (κ1) is 17.6. The predicted molar refractivity (Wildman–Crippen MR) is 96.2 cm³/mol. The van der Waals surface area contributed by atoms with Crippen molar-refractivity contribution in [2.75, 3.05) is 18.9 Å². The van der Waals surface area contributed by atoms with E-state index in [0.717, 1.165) is 36.6 Å². The third kappa shape index (κ3) is 5.46. The molecular weight excluding hydrogens is 304 g/mol. The minimum Gasteiger partial charge on any atom is -0.459 e. The standard InChI is InChI=1S/C18H24N4O2/c1-3-4-11-20-18(19-2)21-13-14-7-9-15(10-8-14)22-17(23)16-6-5-12-24-16/h5-10,12H,3-4,11,13H2,1-2H3,(H,22,23)(H2,19,20,21). The van der Waals surface area contributed by atoms with E-state index < -0.39 is 0 Å². The van der Waals surface area contributed by atoms with Crippen LogP contribution in [0.1, 0.15) is 35.9 Å². The van der Waals surface area contributed by atoms with Crippen molar-refractivity contribution in [1.82, 2.24) is 10.6 Å². The normalized spacial score (nSPS) is 11.2. The molecule has 6 nitrogen and oxygen atoms in total. The maximum Gasteiger partial charge on any atom is 0.291 e. The van der Waals surface area contributed by atoms with E-state index in [2.05, 4.69) is 27.9 Å². The van der Waals surface area contributed by atoms with Crippen molar-refractivity contribution in [2.45, 2.75) is 26.3 Å². The van der Waals surface area contributed by atoms with Crippen molar-refractivity contribution in [2.24, 2.45) is 4.99 Å². The second-order valence-electron chi connectivity index (χ2n) is 5.33. The van der Waals surface area contributed by atoms with E-state index >= 15 is 0 Å². The zero-order valence-corrected chi connectivity index (χ0v) is 14.1. The van der Waals surface area contributed by atoms with Crippen molar-refractivity contribution >= 4 is 17.6 Å². The SMILES string of the molecule is CCCCNC(=NC)NCc1ccc(NC(=O)c2ccco2)cc1. The first-order chi connectivity index (χ1) is 11.7. The molecule has 3 N–H and O–H groups in total. The number of carbonyl (C=O) groups excluding carboxylic acids is 1. The van der Waals surface area contributed by atoms with Gasteiger partial charge in [-0.15, -0.1) is 0 Å². The molecule has 0 bridgehead atoms. The average molecular weight is 328 g/mol. The Morgan fingerprint density at radius 1 is 1.17 bits per heavy atom. The maximum absolute atomic E-state index is 11.9. The quantitative estimate of drug-likeness (QED) is 0.415. The lowest BCUT2D eigenvalue weighted by Crippen LogP contribution is -2.37. The first-order valence-electron chi connectivity index (χ1n) is 8.11. The van der Waals surface area contributed by atoms with Crippen molar-refractivity contribution in [1.29, 1.82) is 0 Å². The van der Waals surface area contributed by atoms with Crippen LogP contribution in [0.25, 0.3) is 0 Å². The van der Waals surface area contributed by atoms with Crippen LogP contribution in [0.3, 0.4) is 0 Å². The summed E-state index contributed by atoms with van der Waals surface area (Å²) in [5.41, 5.74) is 1.83. The summed E-state index contributed by atoms with van der Waals surface area (Å²) in [6, 6.07) is 11.0. The Hall–Kier alpha value is -2.76. The van der Waals surface area contributed by atoms with E-state index in [0.29, 0.717) is 12.3 Å². The van der Waals surface area contributed by atoms with E-state index in [1.165, 1.54) is 6.26 Å². The summed E-state index contributed by atoms with van der Waals surface area (Å²) >= 11 is 0. The van der Waals surface area contributed by atoms with Gasteiger partial charge in [-0.05, 0) is 36.2 Å². The molecule has 0 aliphatic carbocycles. The summed E-state index contributed by atoms with van der Waals surface area (Å²) in [5.74, 6) is 0.827. The number of furan rings is 1. The topological polar surface area (TPSA) is 78.7 Å². The molecule has 2 aromatic rings. The fourth-order valence-electron chi connectivity index (χ4n) is 2.10. The van der Waals surface area contributed by atoms with Crippen molar-refractivity contribution in [3.8, 4) is 0 Å². The average Bonchev–Trinajstić information content (AvgIpc) is 3.14. The molecule has 0 atom stereocenters. The van der Waals surface area contributed by atoms with Gasteiger partial charge in [0.1, 0.15) is 0 Å². The van der Waals surface area contributed by atoms with E-state index in [9.17, 15) is 4.79 Å². The fraction of sp³-hybridized carbons (Fsp3) is 0.333. The number of benzene rings is 1. The number of rotatable bonds is 7. The van der Waals surface area contributed by atoms with Gasteiger partial charge in [-0.25, -0.2) is 0 Å². The highest BCUT2D eigenvalue weighted by Gasteiger charge is 2.08. The minimum atomic E-state index is -0.258. The largest absolute Gasteiger partial charge is 0.459 e. The third-order valence-electron chi connectivity index (χ3n) is 3.46. The van der Waals surface area contributed by atoms with Crippen LogP contribution in [0.2, 0.25) is 0 Å². The van der Waals surface area contributed by atoms with Gasteiger partial charge in [-0.2, -0.15) is 0 Å². The highest BCUT2D eigenvalue weighted by atomic mass is 16.3. The molecule has 0 unspecified atom stereocenters. The molecule has 1 heterocycles. The molecule has 1 aromatic carbocycles. The number of nitrogens with zero attached hydrogens (tertiary/aromatic N) is 1. The molecule has 1 aromatic heterocycles. The number of hydrogen-bond acceptors (Lipinski definition) is 3. The Morgan fingerprint density at radius 3 is 2.58 bits per heavy atom. The summed E-state index contributed by atoms with van der Waals surface area (Å²) in [5, 5.41) is 9.32. The van der Waals surface area contributed by atoms with E-state index in [4.69, 9.17) is 4.42 Å². The molecule has 0 fully saturated rings. The Kier molecular flexibility index (Phi) is 6.89. The molecular formula is C18H24N4O2. The van der Waals surface area contributed by atoms with Gasteiger partial charge in [-0.1, -0.05) is 25.5 Å². The molecule has 1 amide bonds. The molecule has 0 aliphatic rings. The van der Waals surface area contributed by atoms with Crippen LogP contribution in [0.15, 0.2) is 52.1 Å². The Morgan fingerprint density at radius 2 is 1.96 bits per heavy atom. The number of amides is 1. The van der Waals surface area contributed by atoms with Gasteiger partial charge in [-0.3, -0.25) is 9.79 Å². The van der Waals surface area contributed by atoms with Crippen molar-refractivity contribution in [3.63, 3.8) is 0 Å². The van der Waals surface area contributed by atoms with Crippen LogP contribution < -0.4 is 16.0 Å². The molecule has 0 spiro atoms. The Balaban J connectivity index is 1.82. The number of carbonyl (C=O) groups is 1. The van der Waals surface area contributed by atoms with Crippen molar-refractivity contribution in [3.05, 3.63) is 54.0 Å². The molecule has 0 radical (unpaired) electrons. The monoisotopic (exact) mass is 328 g/mol. The lowest BCUT2D eigenvalue weighted by atomic mass is 10.2. The number of guanidine groups is 1. The molecule has 0 saturated carbocycles. The first-order valence-corrected chi connectivity index (χ1v) is 8.11. The number of unbranched alkanes of at least 4 members (excludes halogenated alkanes) is 1. The lowest BCUT2D eigenvalue weighted by molar-refractivity contribution is 0.0996. The number of hydrogen-bond donors (Lipinski definition) is 3. The highest BCUT2D eigenvalue weighted by molar-refractivity contribution is 6.02. The van der Waals surface area contributed by atoms with E-state index in [1.54, 1.807) is 19.2 Å². The Bertz CT molecular complexity index is 648. The van der Waals surface area contributed by atoms with Crippen LogP contribution in [-0.2, 0) is 6.54 Å². The number of aliphatic imine (C=N–C) groups is 1. The van der Waals surface area contributed by atoms with Crippen LogP contribution in [0.4, 0.5) is 5.69 Å². The minimum absolute atomic E-state index is 0.258. The van der Waals surface area contributed by atoms with E-state index in [1.807, 2.05) is 24.3 Å². The summed E-state index contributed by atoms with van der Waals surface area (Å²) in [6.45, 7) is 3.73. The number of anilines is 1. The highest BCUT2D eigenvalue weighted by Crippen LogP contribution is 2.11. The molecule has 0 saturated heterocycles. The summed E-state index contributed by atoms with van der Waals surface area (Å²) < 4.78 is 5.07. The predicted octanol–water partition coefficient (Wildman–Crippen LogP) is 3.00.